The maximum absolute atomic E-state index is 12.5. The predicted molar refractivity (Wildman–Crippen MR) is 56.2 cm³/mol. The second-order valence-electron chi connectivity index (χ2n) is 2.89. The third-order valence-electron chi connectivity index (χ3n) is 1.84. The smallest absolute Gasteiger partial charge is 0.255 e. The number of aryl methyl sites for hydroxylation is 1. The summed E-state index contributed by atoms with van der Waals surface area (Å²) in [4.78, 5) is 0.209. The number of hydrogen-bond donors (Lipinski definition) is 0. The van der Waals surface area contributed by atoms with Gasteiger partial charge in [0.1, 0.15) is 0 Å². The fourth-order valence-electron chi connectivity index (χ4n) is 1.09. The first kappa shape index (κ1) is 11.8. The van der Waals surface area contributed by atoms with Gasteiger partial charge in [-0.05, 0) is 24.6 Å². The second kappa shape index (κ2) is 4.49. The van der Waals surface area contributed by atoms with Crippen LogP contribution in [0.1, 0.15) is 17.6 Å². The van der Waals surface area contributed by atoms with E-state index in [1.54, 1.807) is 6.92 Å². The summed E-state index contributed by atoms with van der Waals surface area (Å²) < 4.78 is 36.9. The Balaban J connectivity index is 3.39. The molecule has 1 rings (SSSR count). The molecule has 0 N–H and O–H groups in total. The van der Waals surface area contributed by atoms with Crippen LogP contribution in [0.2, 0.25) is 0 Å². The van der Waals surface area contributed by atoms with E-state index in [1.807, 2.05) is 0 Å². The van der Waals surface area contributed by atoms with Crippen molar-refractivity contribution in [2.45, 2.75) is 18.2 Å². The Labute approximate surface area is 92.1 Å². The third kappa shape index (κ3) is 2.39. The van der Waals surface area contributed by atoms with Gasteiger partial charge >= 0.3 is 0 Å². The molecule has 1 aromatic rings. The normalized spacial score (nSPS) is 13.3. The lowest BCUT2D eigenvalue weighted by Gasteiger charge is -2.09. The summed E-state index contributed by atoms with van der Waals surface area (Å²) in [6, 6.07) is 2.86. The number of alkyl halides is 2. The quantitative estimate of drug-likeness (QED) is 0.812. The summed E-state index contributed by atoms with van der Waals surface area (Å²) in [5.74, 6) is 0. The fourth-order valence-corrected chi connectivity index (χ4v) is 2.27. The molecule has 0 fully saturated rings. The molecule has 0 heterocycles. The first-order chi connectivity index (χ1) is 6.43. The molecule has 0 saturated heterocycles. The van der Waals surface area contributed by atoms with E-state index in [0.29, 0.717) is 4.47 Å². The van der Waals surface area contributed by atoms with Gasteiger partial charge in [0.05, 0.1) is 10.8 Å². The van der Waals surface area contributed by atoms with Gasteiger partial charge in [0.15, 0.2) is 0 Å². The monoisotopic (exact) mass is 282 g/mol. The molecule has 1 aromatic carbocycles. The van der Waals surface area contributed by atoms with Gasteiger partial charge in [-0.1, -0.05) is 15.9 Å². The summed E-state index contributed by atoms with van der Waals surface area (Å²) in [7, 11) is -1.38. The van der Waals surface area contributed by atoms with Crippen LogP contribution in [0.25, 0.3) is 0 Å². The molecule has 78 valence electrons. The topological polar surface area (TPSA) is 17.1 Å². The minimum atomic E-state index is -2.59. The van der Waals surface area contributed by atoms with Crippen LogP contribution in [0.3, 0.4) is 0 Å². The average molecular weight is 283 g/mol. The Bertz CT molecular complexity index is 379. The molecule has 0 aliphatic heterocycles. The van der Waals surface area contributed by atoms with Crippen LogP contribution in [0.5, 0.6) is 0 Å². The van der Waals surface area contributed by atoms with Gasteiger partial charge in [-0.15, -0.1) is 0 Å². The zero-order chi connectivity index (χ0) is 10.9. The molecule has 0 radical (unpaired) electrons. The SMILES string of the molecule is Cc1cc(S(C)=O)c(C(F)F)cc1Br. The highest BCUT2D eigenvalue weighted by Crippen LogP contribution is 2.30. The van der Waals surface area contributed by atoms with Crippen LogP contribution < -0.4 is 0 Å². The lowest BCUT2D eigenvalue weighted by Crippen LogP contribution is -1.98. The minimum Gasteiger partial charge on any atom is -0.255 e. The lowest BCUT2D eigenvalue weighted by molar-refractivity contribution is 0.148. The molecule has 0 amide bonds. The fraction of sp³-hybridized carbons (Fsp3) is 0.333. The van der Waals surface area contributed by atoms with Crippen molar-refractivity contribution in [1.29, 1.82) is 0 Å². The number of hydrogen-bond acceptors (Lipinski definition) is 1. The number of rotatable bonds is 2. The molecule has 0 bridgehead atoms. The molecule has 0 aromatic heterocycles. The first-order valence-corrected chi connectivity index (χ1v) is 6.20. The predicted octanol–water partition coefficient (Wildman–Crippen LogP) is 3.43. The molecule has 5 heteroatoms. The van der Waals surface area contributed by atoms with Crippen LogP contribution in [0, 0.1) is 6.92 Å². The van der Waals surface area contributed by atoms with Crippen molar-refractivity contribution in [2.75, 3.05) is 6.26 Å². The van der Waals surface area contributed by atoms with E-state index >= 15 is 0 Å². The highest BCUT2D eigenvalue weighted by molar-refractivity contribution is 9.10. The zero-order valence-electron chi connectivity index (χ0n) is 7.68. The van der Waals surface area contributed by atoms with E-state index in [2.05, 4.69) is 15.9 Å². The highest BCUT2D eigenvalue weighted by Gasteiger charge is 2.16. The zero-order valence-corrected chi connectivity index (χ0v) is 10.1. The highest BCUT2D eigenvalue weighted by atomic mass is 79.9. The molecule has 0 spiro atoms. The van der Waals surface area contributed by atoms with Crippen LogP contribution in [-0.4, -0.2) is 10.5 Å². The van der Waals surface area contributed by atoms with Crippen molar-refractivity contribution in [2.24, 2.45) is 0 Å². The summed E-state index contributed by atoms with van der Waals surface area (Å²) in [5, 5.41) is 0. The molecule has 14 heavy (non-hydrogen) atoms. The maximum Gasteiger partial charge on any atom is 0.265 e. The molecule has 1 nitrogen and oxygen atoms in total. The van der Waals surface area contributed by atoms with E-state index in [9.17, 15) is 13.0 Å². The van der Waals surface area contributed by atoms with E-state index in [1.165, 1.54) is 18.4 Å². The van der Waals surface area contributed by atoms with Crippen LogP contribution in [0.15, 0.2) is 21.5 Å². The maximum atomic E-state index is 12.5. The van der Waals surface area contributed by atoms with Crippen molar-refractivity contribution in [3.63, 3.8) is 0 Å². The molecule has 0 aliphatic carbocycles. The van der Waals surface area contributed by atoms with Crippen LogP contribution in [-0.2, 0) is 10.8 Å². The summed E-state index contributed by atoms with van der Waals surface area (Å²) in [6.45, 7) is 1.77. The van der Waals surface area contributed by atoms with Gasteiger partial charge in [-0.25, -0.2) is 8.78 Å². The Morgan fingerprint density at radius 1 is 1.43 bits per heavy atom. The largest absolute Gasteiger partial charge is 0.265 e. The Morgan fingerprint density at radius 2 is 2.00 bits per heavy atom. The minimum absolute atomic E-state index is 0.164. The van der Waals surface area contributed by atoms with Gasteiger partial charge in [-0.2, -0.15) is 0 Å². The van der Waals surface area contributed by atoms with Crippen molar-refractivity contribution < 1.29 is 13.0 Å². The molecule has 0 saturated carbocycles. The van der Waals surface area contributed by atoms with Gasteiger partial charge in [-0.3, -0.25) is 4.21 Å². The molecule has 0 aliphatic rings. The summed E-state index contributed by atoms with van der Waals surface area (Å²) >= 11 is 3.17. The molecular formula is C9H9BrF2OS. The Kier molecular flexibility index (Phi) is 3.78. The van der Waals surface area contributed by atoms with E-state index in [-0.39, 0.29) is 10.5 Å². The Morgan fingerprint density at radius 3 is 2.43 bits per heavy atom. The van der Waals surface area contributed by atoms with Crippen molar-refractivity contribution in [3.8, 4) is 0 Å². The Hall–Kier alpha value is -0.290. The van der Waals surface area contributed by atoms with E-state index < -0.39 is 17.2 Å². The molecule has 1 unspecified atom stereocenters. The summed E-state index contributed by atoms with van der Waals surface area (Å²) in [6.07, 6.45) is -1.19. The van der Waals surface area contributed by atoms with Gasteiger partial charge in [0.25, 0.3) is 6.43 Å². The van der Waals surface area contributed by atoms with Crippen LogP contribution >= 0.6 is 15.9 Å². The van der Waals surface area contributed by atoms with E-state index in [0.717, 1.165) is 5.56 Å². The van der Waals surface area contributed by atoms with Crippen molar-refractivity contribution in [3.05, 3.63) is 27.7 Å². The van der Waals surface area contributed by atoms with Crippen LogP contribution in [0.4, 0.5) is 8.78 Å². The molecular weight excluding hydrogens is 274 g/mol. The number of halogens is 3. The third-order valence-corrected chi connectivity index (χ3v) is 3.66. The second-order valence-corrected chi connectivity index (χ2v) is 5.10. The summed E-state index contributed by atoms with van der Waals surface area (Å²) in [5.41, 5.74) is 0.642. The van der Waals surface area contributed by atoms with E-state index in [4.69, 9.17) is 0 Å². The average Bonchev–Trinajstić information content (AvgIpc) is 2.08. The van der Waals surface area contributed by atoms with Gasteiger partial charge in [0.2, 0.25) is 0 Å². The molecule has 1 atom stereocenters. The van der Waals surface area contributed by atoms with Crippen molar-refractivity contribution >= 4 is 26.7 Å². The van der Waals surface area contributed by atoms with Crippen molar-refractivity contribution in [1.82, 2.24) is 0 Å². The van der Waals surface area contributed by atoms with Gasteiger partial charge < -0.3 is 0 Å². The number of benzene rings is 1. The first-order valence-electron chi connectivity index (χ1n) is 3.85. The lowest BCUT2D eigenvalue weighted by atomic mass is 10.1. The van der Waals surface area contributed by atoms with Gasteiger partial charge in [0, 0.05) is 21.2 Å². The standard InChI is InChI=1S/C9H9BrF2OS/c1-5-3-8(14(2)13)6(9(11)12)4-7(5)10/h3-4,9H,1-2H3.